The number of hydrogen-bond donors (Lipinski definition) is 2. The maximum absolute atomic E-state index is 11.6. The van der Waals surface area contributed by atoms with E-state index in [0.717, 1.165) is 28.4 Å². The van der Waals surface area contributed by atoms with E-state index in [9.17, 15) is 4.79 Å². The molecule has 0 atom stereocenters. The fourth-order valence-electron chi connectivity index (χ4n) is 3.22. The van der Waals surface area contributed by atoms with Gasteiger partial charge in [-0.1, -0.05) is 0 Å². The number of thiophene rings is 1. The number of nitrogens with one attached hydrogen (secondary N) is 2. The number of aryl methyl sites for hydroxylation is 1. The molecule has 2 aromatic rings. The largest absolute Gasteiger partial charge is 0.313 e. The molecule has 0 spiro atoms. The molecule has 134 valence electrons. The summed E-state index contributed by atoms with van der Waals surface area (Å²) in [5.74, 6) is 0.618. The van der Waals surface area contributed by atoms with Gasteiger partial charge in [-0.15, -0.1) is 11.3 Å². The number of aliphatic imine (C=N–C) groups is 1. The Bertz CT molecular complexity index is 789. The van der Waals surface area contributed by atoms with E-state index in [1.165, 1.54) is 19.8 Å². The zero-order valence-electron chi connectivity index (χ0n) is 15.2. The standard InChI is InChI=1S/C18H25N5OS/c1-12-15(9-19-22-12)16-8-14(11-25-16)21-17(20-13(2)24)10-23-7-5-6-18(23,3)4/h8-9,11H,5-7,10H2,1-4H3,(H,19,22)(H,20,21,24). The number of carbonyl (C=O) groups is 1. The first-order valence-corrected chi connectivity index (χ1v) is 9.42. The lowest BCUT2D eigenvalue weighted by molar-refractivity contribution is -0.117. The van der Waals surface area contributed by atoms with E-state index in [1.54, 1.807) is 11.3 Å². The molecular formula is C18H25N5OS. The highest BCUT2D eigenvalue weighted by molar-refractivity contribution is 7.14. The van der Waals surface area contributed by atoms with Crippen LogP contribution in [0.15, 0.2) is 22.6 Å². The number of nitrogens with zero attached hydrogens (tertiary/aromatic N) is 3. The van der Waals surface area contributed by atoms with E-state index in [4.69, 9.17) is 4.99 Å². The number of rotatable bonds is 4. The number of aromatic nitrogens is 2. The second kappa shape index (κ2) is 7.09. The Morgan fingerprint density at radius 1 is 1.52 bits per heavy atom. The minimum atomic E-state index is -0.0862. The van der Waals surface area contributed by atoms with Gasteiger partial charge in [0.15, 0.2) is 0 Å². The molecule has 0 saturated carbocycles. The average Bonchev–Trinajstić information content (AvgIpc) is 3.20. The molecule has 0 aromatic carbocycles. The van der Waals surface area contributed by atoms with Crippen molar-refractivity contribution in [3.05, 3.63) is 23.3 Å². The first kappa shape index (κ1) is 17.8. The van der Waals surface area contributed by atoms with Crippen molar-refractivity contribution in [2.45, 2.75) is 46.1 Å². The van der Waals surface area contributed by atoms with Crippen molar-refractivity contribution in [1.82, 2.24) is 20.4 Å². The summed E-state index contributed by atoms with van der Waals surface area (Å²) in [5.41, 5.74) is 3.14. The second-order valence-corrected chi connectivity index (χ2v) is 8.07. The van der Waals surface area contributed by atoms with Gasteiger partial charge in [0.1, 0.15) is 5.84 Å². The summed E-state index contributed by atoms with van der Waals surface area (Å²) >= 11 is 1.63. The molecule has 0 unspecified atom stereocenters. The van der Waals surface area contributed by atoms with Crippen LogP contribution >= 0.6 is 11.3 Å². The molecule has 0 aliphatic carbocycles. The van der Waals surface area contributed by atoms with Gasteiger partial charge in [-0.2, -0.15) is 5.10 Å². The van der Waals surface area contributed by atoms with Crippen LogP contribution in [0.5, 0.6) is 0 Å². The molecule has 1 amide bonds. The highest BCUT2D eigenvalue weighted by Gasteiger charge is 2.32. The van der Waals surface area contributed by atoms with Crippen molar-refractivity contribution in [2.24, 2.45) is 4.99 Å². The van der Waals surface area contributed by atoms with Gasteiger partial charge in [0.2, 0.25) is 5.91 Å². The van der Waals surface area contributed by atoms with E-state index in [2.05, 4.69) is 34.3 Å². The zero-order valence-corrected chi connectivity index (χ0v) is 16.0. The fraction of sp³-hybridized carbons (Fsp3) is 0.500. The predicted octanol–water partition coefficient (Wildman–Crippen LogP) is 3.49. The lowest BCUT2D eigenvalue weighted by Crippen LogP contribution is -2.45. The van der Waals surface area contributed by atoms with E-state index < -0.39 is 0 Å². The minimum absolute atomic E-state index is 0.0862. The third-order valence-electron chi connectivity index (χ3n) is 4.68. The molecule has 2 aromatic heterocycles. The number of aromatic amines is 1. The molecule has 0 radical (unpaired) electrons. The first-order chi connectivity index (χ1) is 11.8. The number of carbonyl (C=O) groups excluding carboxylic acids is 1. The number of likely N-dealkylation sites (tertiary alicyclic amines) is 1. The van der Waals surface area contributed by atoms with E-state index in [0.29, 0.717) is 12.4 Å². The van der Waals surface area contributed by atoms with Crippen LogP contribution in [0.3, 0.4) is 0 Å². The Morgan fingerprint density at radius 3 is 2.92 bits per heavy atom. The summed E-state index contributed by atoms with van der Waals surface area (Å²) in [4.78, 5) is 19.8. The maximum atomic E-state index is 11.6. The highest BCUT2D eigenvalue weighted by Crippen LogP contribution is 2.33. The monoisotopic (exact) mass is 359 g/mol. The van der Waals surface area contributed by atoms with Crippen molar-refractivity contribution in [3.8, 4) is 10.4 Å². The molecule has 2 N–H and O–H groups in total. The zero-order chi connectivity index (χ0) is 18.0. The van der Waals surface area contributed by atoms with Crippen LogP contribution in [0.2, 0.25) is 0 Å². The molecule has 3 rings (SSSR count). The van der Waals surface area contributed by atoms with E-state index in [1.807, 2.05) is 24.6 Å². The van der Waals surface area contributed by atoms with Crippen LogP contribution in [-0.2, 0) is 4.79 Å². The first-order valence-electron chi connectivity index (χ1n) is 8.54. The van der Waals surface area contributed by atoms with Crippen molar-refractivity contribution >= 4 is 28.8 Å². The molecule has 7 heteroatoms. The van der Waals surface area contributed by atoms with E-state index in [-0.39, 0.29) is 11.4 Å². The van der Waals surface area contributed by atoms with Crippen molar-refractivity contribution < 1.29 is 4.79 Å². The average molecular weight is 359 g/mol. The van der Waals surface area contributed by atoms with Gasteiger partial charge < -0.3 is 5.32 Å². The van der Waals surface area contributed by atoms with Gasteiger partial charge in [-0.3, -0.25) is 14.8 Å². The van der Waals surface area contributed by atoms with Crippen molar-refractivity contribution in [3.63, 3.8) is 0 Å². The van der Waals surface area contributed by atoms with Crippen molar-refractivity contribution in [2.75, 3.05) is 13.1 Å². The Kier molecular flexibility index (Phi) is 5.06. The summed E-state index contributed by atoms with van der Waals surface area (Å²) in [5, 5.41) is 11.9. The normalized spacial score (nSPS) is 17.8. The Morgan fingerprint density at radius 2 is 2.32 bits per heavy atom. The fourth-order valence-corrected chi connectivity index (χ4v) is 4.11. The summed E-state index contributed by atoms with van der Waals surface area (Å²) in [6, 6.07) is 2.04. The molecule has 1 aliphatic rings. The molecule has 6 nitrogen and oxygen atoms in total. The third kappa shape index (κ3) is 4.16. The Labute approximate surface area is 152 Å². The minimum Gasteiger partial charge on any atom is -0.313 e. The van der Waals surface area contributed by atoms with Gasteiger partial charge >= 0.3 is 0 Å². The molecule has 3 heterocycles. The molecule has 25 heavy (non-hydrogen) atoms. The van der Waals surface area contributed by atoms with Crippen LogP contribution in [0, 0.1) is 6.92 Å². The SMILES string of the molecule is CC(=O)N/C(CN1CCCC1(C)C)=N\c1csc(-c2cn[nH]c2C)c1. The molecule has 1 fully saturated rings. The predicted molar refractivity (Wildman–Crippen MR) is 102 cm³/mol. The molecule has 1 aliphatic heterocycles. The van der Waals surface area contributed by atoms with E-state index >= 15 is 0 Å². The number of H-pyrrole nitrogens is 1. The quantitative estimate of drug-likeness (QED) is 0.648. The Hall–Kier alpha value is -1.99. The van der Waals surface area contributed by atoms with Gasteiger partial charge in [0.05, 0.1) is 18.4 Å². The number of amides is 1. The number of amidine groups is 1. The number of hydrogen-bond acceptors (Lipinski definition) is 5. The molecule has 1 saturated heterocycles. The highest BCUT2D eigenvalue weighted by atomic mass is 32.1. The summed E-state index contributed by atoms with van der Waals surface area (Å²) in [6.45, 7) is 9.71. The van der Waals surface area contributed by atoms with Gasteiger partial charge in [-0.25, -0.2) is 4.99 Å². The van der Waals surface area contributed by atoms with Crippen LogP contribution in [0.1, 0.15) is 39.3 Å². The van der Waals surface area contributed by atoms with Gasteiger partial charge in [0.25, 0.3) is 0 Å². The summed E-state index contributed by atoms with van der Waals surface area (Å²) < 4.78 is 0. The molecule has 0 bridgehead atoms. The van der Waals surface area contributed by atoms with Crippen LogP contribution in [0.25, 0.3) is 10.4 Å². The van der Waals surface area contributed by atoms with Crippen LogP contribution in [-0.4, -0.2) is 45.5 Å². The third-order valence-corrected chi connectivity index (χ3v) is 5.63. The lowest BCUT2D eigenvalue weighted by atomic mass is 10.0. The topological polar surface area (TPSA) is 73.4 Å². The van der Waals surface area contributed by atoms with Gasteiger partial charge in [-0.05, 0) is 46.2 Å². The maximum Gasteiger partial charge on any atom is 0.222 e. The smallest absolute Gasteiger partial charge is 0.222 e. The molecular weight excluding hydrogens is 334 g/mol. The van der Waals surface area contributed by atoms with Crippen molar-refractivity contribution in [1.29, 1.82) is 0 Å². The van der Waals surface area contributed by atoms with Crippen LogP contribution < -0.4 is 5.32 Å². The van der Waals surface area contributed by atoms with Gasteiger partial charge in [0, 0.05) is 34.0 Å². The van der Waals surface area contributed by atoms with Crippen LogP contribution in [0.4, 0.5) is 5.69 Å². The summed E-state index contributed by atoms with van der Waals surface area (Å²) in [6.07, 6.45) is 4.18. The Balaban J connectivity index is 1.82. The lowest BCUT2D eigenvalue weighted by Gasteiger charge is -2.31. The second-order valence-electron chi connectivity index (χ2n) is 7.16. The summed E-state index contributed by atoms with van der Waals surface area (Å²) in [7, 11) is 0.